The van der Waals surface area contributed by atoms with Gasteiger partial charge in [0.2, 0.25) is 5.91 Å². The van der Waals surface area contributed by atoms with E-state index in [1.807, 2.05) is 6.92 Å². The number of hydrogen-bond acceptors (Lipinski definition) is 3. The maximum Gasteiger partial charge on any atom is 0.253 e. The molecule has 0 aliphatic rings. The van der Waals surface area contributed by atoms with Gasteiger partial charge < -0.3 is 15.7 Å². The van der Waals surface area contributed by atoms with Crippen LogP contribution in [0.2, 0.25) is 5.02 Å². The first kappa shape index (κ1) is 15.9. The lowest BCUT2D eigenvalue weighted by atomic mass is 10.2. The number of phenolic OH excluding ortho intramolecular Hbond substituents is 1. The zero-order chi connectivity index (χ0) is 16.1. The van der Waals surface area contributed by atoms with Gasteiger partial charge in [0.15, 0.2) is 0 Å². The number of aryl methyl sites for hydroxylation is 1. The van der Waals surface area contributed by atoms with Crippen molar-refractivity contribution < 1.29 is 14.7 Å². The number of phenols is 1. The molecule has 0 bridgehead atoms. The highest BCUT2D eigenvalue weighted by Gasteiger charge is 2.12. The maximum atomic E-state index is 11.9. The summed E-state index contributed by atoms with van der Waals surface area (Å²) in [5.74, 6) is -0.904. The summed E-state index contributed by atoms with van der Waals surface area (Å²) >= 11 is 5.91. The molecule has 2 aromatic carbocycles. The van der Waals surface area contributed by atoms with E-state index >= 15 is 0 Å². The van der Waals surface area contributed by atoms with E-state index in [0.717, 1.165) is 5.56 Å². The van der Waals surface area contributed by atoms with Crippen LogP contribution >= 0.6 is 11.6 Å². The summed E-state index contributed by atoms with van der Waals surface area (Å²) in [7, 11) is 0. The van der Waals surface area contributed by atoms with E-state index in [9.17, 15) is 14.7 Å². The second kappa shape index (κ2) is 6.95. The van der Waals surface area contributed by atoms with Crippen LogP contribution in [-0.2, 0) is 4.79 Å². The van der Waals surface area contributed by atoms with E-state index in [4.69, 9.17) is 11.6 Å². The Bertz CT molecular complexity index is 716. The second-order valence-corrected chi connectivity index (χ2v) is 5.14. The Morgan fingerprint density at radius 3 is 2.59 bits per heavy atom. The van der Waals surface area contributed by atoms with Crippen LogP contribution in [0.5, 0.6) is 5.75 Å². The van der Waals surface area contributed by atoms with Gasteiger partial charge in [0.1, 0.15) is 5.75 Å². The highest BCUT2D eigenvalue weighted by molar-refractivity contribution is 6.33. The van der Waals surface area contributed by atoms with Crippen molar-refractivity contribution >= 4 is 29.1 Å². The summed E-state index contributed by atoms with van der Waals surface area (Å²) in [5, 5.41) is 15.0. The molecule has 0 atom stereocenters. The summed E-state index contributed by atoms with van der Waals surface area (Å²) in [6.45, 7) is 1.60. The average Bonchev–Trinajstić information content (AvgIpc) is 2.48. The first-order chi connectivity index (χ1) is 10.5. The van der Waals surface area contributed by atoms with Gasteiger partial charge in [0.05, 0.1) is 22.8 Å². The molecule has 0 spiro atoms. The third kappa shape index (κ3) is 3.99. The normalized spacial score (nSPS) is 10.1. The predicted octanol–water partition coefficient (Wildman–Crippen LogP) is 2.72. The molecule has 0 heterocycles. The second-order valence-electron chi connectivity index (χ2n) is 4.73. The van der Waals surface area contributed by atoms with Gasteiger partial charge in [-0.2, -0.15) is 0 Å². The SMILES string of the molecule is Cc1ccc(NC(=O)CNC(=O)c2ccccc2Cl)c(O)c1. The van der Waals surface area contributed by atoms with Crippen molar-refractivity contribution in [1.29, 1.82) is 0 Å². The highest BCUT2D eigenvalue weighted by atomic mass is 35.5. The van der Waals surface area contributed by atoms with Gasteiger partial charge in [0, 0.05) is 0 Å². The van der Waals surface area contributed by atoms with Gasteiger partial charge in [0.25, 0.3) is 5.91 Å². The minimum absolute atomic E-state index is 0.0224. The van der Waals surface area contributed by atoms with E-state index in [1.165, 1.54) is 6.07 Å². The van der Waals surface area contributed by atoms with Crippen molar-refractivity contribution in [2.24, 2.45) is 0 Å². The molecule has 0 saturated heterocycles. The summed E-state index contributed by atoms with van der Waals surface area (Å²) in [4.78, 5) is 23.7. The lowest BCUT2D eigenvalue weighted by molar-refractivity contribution is -0.115. The highest BCUT2D eigenvalue weighted by Crippen LogP contribution is 2.23. The number of halogens is 1. The van der Waals surface area contributed by atoms with E-state index in [1.54, 1.807) is 36.4 Å². The molecule has 0 aromatic heterocycles. The van der Waals surface area contributed by atoms with Gasteiger partial charge in [-0.25, -0.2) is 0 Å². The molecule has 0 unspecified atom stereocenters. The van der Waals surface area contributed by atoms with E-state index in [-0.39, 0.29) is 12.3 Å². The molecular formula is C16H15ClN2O3. The number of aromatic hydroxyl groups is 1. The van der Waals surface area contributed by atoms with Crippen LogP contribution in [0.4, 0.5) is 5.69 Å². The largest absolute Gasteiger partial charge is 0.506 e. The third-order valence-corrected chi connectivity index (χ3v) is 3.28. The predicted molar refractivity (Wildman–Crippen MR) is 85.3 cm³/mol. The van der Waals surface area contributed by atoms with E-state index in [0.29, 0.717) is 16.3 Å². The lowest BCUT2D eigenvalue weighted by Crippen LogP contribution is -2.33. The van der Waals surface area contributed by atoms with Crippen molar-refractivity contribution in [1.82, 2.24) is 5.32 Å². The molecule has 0 saturated carbocycles. The molecule has 5 nitrogen and oxygen atoms in total. The molecule has 0 aliphatic carbocycles. The number of hydrogen-bond donors (Lipinski definition) is 3. The Morgan fingerprint density at radius 1 is 1.18 bits per heavy atom. The van der Waals surface area contributed by atoms with Crippen LogP contribution in [0.3, 0.4) is 0 Å². The van der Waals surface area contributed by atoms with Crippen molar-refractivity contribution in [2.75, 3.05) is 11.9 Å². The molecule has 2 rings (SSSR count). The summed E-state index contributed by atoms with van der Waals surface area (Å²) in [5.41, 5.74) is 1.47. The van der Waals surface area contributed by atoms with Crippen LogP contribution < -0.4 is 10.6 Å². The molecular weight excluding hydrogens is 304 g/mol. The van der Waals surface area contributed by atoms with Gasteiger partial charge in [-0.3, -0.25) is 9.59 Å². The maximum absolute atomic E-state index is 11.9. The quantitative estimate of drug-likeness (QED) is 0.758. The molecule has 114 valence electrons. The summed E-state index contributed by atoms with van der Waals surface area (Å²) in [6.07, 6.45) is 0. The summed E-state index contributed by atoms with van der Waals surface area (Å²) in [6, 6.07) is 11.5. The Kier molecular flexibility index (Phi) is 5.01. The molecule has 0 radical (unpaired) electrons. The molecule has 2 aromatic rings. The number of nitrogens with one attached hydrogen (secondary N) is 2. The molecule has 6 heteroatoms. The van der Waals surface area contributed by atoms with Gasteiger partial charge in [-0.05, 0) is 36.8 Å². The topological polar surface area (TPSA) is 78.4 Å². The van der Waals surface area contributed by atoms with Crippen LogP contribution in [0.1, 0.15) is 15.9 Å². The molecule has 0 fully saturated rings. The van der Waals surface area contributed by atoms with Crippen LogP contribution in [0.25, 0.3) is 0 Å². The Morgan fingerprint density at radius 2 is 1.91 bits per heavy atom. The van der Waals surface area contributed by atoms with Gasteiger partial charge in [-0.15, -0.1) is 0 Å². The standard InChI is InChI=1S/C16H15ClN2O3/c1-10-6-7-13(14(20)8-10)19-15(21)9-18-16(22)11-4-2-3-5-12(11)17/h2-8,20H,9H2,1H3,(H,18,22)(H,19,21). The number of benzene rings is 2. The average molecular weight is 319 g/mol. The fourth-order valence-electron chi connectivity index (χ4n) is 1.84. The summed E-state index contributed by atoms with van der Waals surface area (Å²) < 4.78 is 0. The van der Waals surface area contributed by atoms with Crippen molar-refractivity contribution in [2.45, 2.75) is 6.92 Å². The Labute approximate surface area is 132 Å². The zero-order valence-corrected chi connectivity index (χ0v) is 12.6. The fourth-order valence-corrected chi connectivity index (χ4v) is 2.06. The number of amides is 2. The molecule has 22 heavy (non-hydrogen) atoms. The van der Waals surface area contributed by atoms with Crippen molar-refractivity contribution in [3.63, 3.8) is 0 Å². The van der Waals surface area contributed by atoms with Crippen LogP contribution in [-0.4, -0.2) is 23.5 Å². The van der Waals surface area contributed by atoms with E-state index in [2.05, 4.69) is 10.6 Å². The number of carbonyl (C=O) groups is 2. The van der Waals surface area contributed by atoms with Crippen LogP contribution in [0.15, 0.2) is 42.5 Å². The number of carbonyl (C=O) groups excluding carboxylic acids is 2. The first-order valence-corrected chi connectivity index (χ1v) is 6.97. The van der Waals surface area contributed by atoms with Gasteiger partial charge >= 0.3 is 0 Å². The molecule has 0 aliphatic heterocycles. The van der Waals surface area contributed by atoms with Gasteiger partial charge in [-0.1, -0.05) is 29.8 Å². The third-order valence-electron chi connectivity index (χ3n) is 2.96. The lowest BCUT2D eigenvalue weighted by Gasteiger charge is -2.09. The minimum Gasteiger partial charge on any atom is -0.506 e. The Hall–Kier alpha value is -2.53. The minimum atomic E-state index is -0.445. The van der Waals surface area contributed by atoms with Crippen molar-refractivity contribution in [3.05, 3.63) is 58.6 Å². The number of rotatable bonds is 4. The molecule has 3 N–H and O–H groups in total. The van der Waals surface area contributed by atoms with Crippen molar-refractivity contribution in [3.8, 4) is 5.75 Å². The monoisotopic (exact) mass is 318 g/mol. The molecule has 2 amide bonds. The Balaban J connectivity index is 1.93. The fraction of sp³-hybridized carbons (Fsp3) is 0.125. The number of anilines is 1. The first-order valence-electron chi connectivity index (χ1n) is 6.59. The smallest absolute Gasteiger partial charge is 0.253 e. The van der Waals surface area contributed by atoms with Crippen LogP contribution in [0, 0.1) is 6.92 Å². The zero-order valence-electron chi connectivity index (χ0n) is 11.9. The van der Waals surface area contributed by atoms with E-state index < -0.39 is 11.8 Å².